The van der Waals surface area contributed by atoms with E-state index in [0.717, 1.165) is 68.1 Å². The molecule has 0 aliphatic heterocycles. The second kappa shape index (κ2) is 16.9. The number of pyridine rings is 3. The predicted octanol–water partition coefficient (Wildman–Crippen LogP) is 15.9. The molecule has 0 fully saturated rings. The average Bonchev–Trinajstić information content (AvgIpc) is 4.08. The Hall–Kier alpha value is -9.39. The molecule has 4 aromatic heterocycles. The van der Waals surface area contributed by atoms with Gasteiger partial charge in [-0.15, -0.1) is 0 Å². The third kappa shape index (κ3) is 6.46. The highest BCUT2D eigenvalue weighted by Crippen LogP contribution is 2.68. The van der Waals surface area contributed by atoms with Gasteiger partial charge in [-0.3, -0.25) is 9.97 Å². The molecule has 0 N–H and O–H groups in total. The standard InChI is InChI=1S/C66H46N6/c1-5-21-45(22-6-1)70(46-23-7-2-8-24-46)49-36-38-63-55(41-49)64-65(72(63)51-43-61(59-33-17-19-39-67-59)69-62(44-51)60-34-18-20-40-68-60)54-30-14-16-32-57(54)66(64)56-31-15-13-29-52(56)53-37-35-50(42-58(53)66)71(47-25-9-3-10-26-47)48-27-11-4-12-28-48/h1-44,53,58H. The van der Waals surface area contributed by atoms with Gasteiger partial charge in [0.1, 0.15) is 0 Å². The summed E-state index contributed by atoms with van der Waals surface area (Å²) in [6.07, 6.45) is 11.1. The van der Waals surface area contributed by atoms with Gasteiger partial charge in [0.2, 0.25) is 0 Å². The minimum absolute atomic E-state index is 0.000111. The first kappa shape index (κ1) is 41.6. The molecule has 0 saturated heterocycles. The molecule has 3 atom stereocenters. The van der Waals surface area contributed by atoms with Crippen molar-refractivity contribution in [2.75, 3.05) is 9.80 Å². The first-order valence-corrected chi connectivity index (χ1v) is 24.7. The summed E-state index contributed by atoms with van der Waals surface area (Å²) in [5, 5.41) is 1.19. The van der Waals surface area contributed by atoms with Crippen LogP contribution < -0.4 is 9.80 Å². The Morgan fingerprint density at radius 1 is 0.444 bits per heavy atom. The van der Waals surface area contributed by atoms with E-state index in [2.05, 4.69) is 233 Å². The molecule has 0 bridgehead atoms. The molecule has 0 saturated carbocycles. The Labute approximate surface area is 418 Å². The molecule has 3 unspecified atom stereocenters. The Morgan fingerprint density at radius 3 is 1.56 bits per heavy atom. The summed E-state index contributed by atoms with van der Waals surface area (Å²) in [6.45, 7) is 0. The third-order valence-electron chi connectivity index (χ3n) is 14.9. The molecule has 4 heterocycles. The smallest absolute Gasteiger partial charge is 0.0915 e. The van der Waals surface area contributed by atoms with E-state index in [4.69, 9.17) is 15.0 Å². The molecule has 14 rings (SSSR count). The van der Waals surface area contributed by atoms with Gasteiger partial charge in [-0.25, -0.2) is 4.98 Å². The number of allylic oxidation sites excluding steroid dienone is 3. The zero-order valence-electron chi connectivity index (χ0n) is 39.2. The zero-order chi connectivity index (χ0) is 47.6. The number of aromatic nitrogens is 4. The molecular weight excluding hydrogens is 877 g/mol. The van der Waals surface area contributed by atoms with Gasteiger partial charge >= 0.3 is 0 Å². The largest absolute Gasteiger partial charge is 0.311 e. The third-order valence-corrected chi connectivity index (χ3v) is 14.9. The minimum Gasteiger partial charge on any atom is -0.311 e. The maximum absolute atomic E-state index is 5.27. The summed E-state index contributed by atoms with van der Waals surface area (Å²) in [6, 6.07) is 85.0. The molecule has 340 valence electrons. The van der Waals surface area contributed by atoms with Gasteiger partial charge in [0.25, 0.3) is 0 Å². The van der Waals surface area contributed by atoms with E-state index < -0.39 is 5.41 Å². The van der Waals surface area contributed by atoms with Crippen LogP contribution in [0.5, 0.6) is 0 Å². The van der Waals surface area contributed by atoms with Gasteiger partial charge in [-0.05, 0) is 126 Å². The second-order valence-electron chi connectivity index (χ2n) is 18.7. The van der Waals surface area contributed by atoms with Crippen LogP contribution in [0.2, 0.25) is 0 Å². The lowest BCUT2D eigenvalue weighted by molar-refractivity contribution is 0.465. The van der Waals surface area contributed by atoms with E-state index in [1.54, 1.807) is 0 Å². The van der Waals surface area contributed by atoms with Gasteiger partial charge in [-0.1, -0.05) is 146 Å². The maximum Gasteiger partial charge on any atom is 0.0915 e. The normalized spacial score (nSPS) is 17.0. The number of benzene rings is 7. The van der Waals surface area contributed by atoms with Crippen LogP contribution in [-0.4, -0.2) is 19.5 Å². The van der Waals surface area contributed by atoms with Gasteiger partial charge in [0.15, 0.2) is 0 Å². The van der Waals surface area contributed by atoms with E-state index in [1.807, 2.05) is 48.8 Å². The fourth-order valence-corrected chi connectivity index (χ4v) is 12.1. The van der Waals surface area contributed by atoms with Crippen LogP contribution >= 0.6 is 0 Å². The van der Waals surface area contributed by atoms with E-state index in [1.165, 1.54) is 38.9 Å². The van der Waals surface area contributed by atoms with Crippen molar-refractivity contribution in [3.8, 4) is 39.7 Å². The van der Waals surface area contributed by atoms with Gasteiger partial charge in [0, 0.05) is 74.9 Å². The fraction of sp³-hybridized carbons (Fsp3) is 0.0455. The number of fused-ring (bicyclic) bond motifs is 12. The van der Waals surface area contributed by atoms with Crippen LogP contribution in [0, 0.1) is 5.92 Å². The van der Waals surface area contributed by atoms with E-state index in [9.17, 15) is 0 Å². The second-order valence-corrected chi connectivity index (χ2v) is 18.7. The molecule has 7 aromatic carbocycles. The molecule has 3 aliphatic carbocycles. The molecule has 6 heteroatoms. The lowest BCUT2D eigenvalue weighted by atomic mass is 9.65. The minimum atomic E-state index is -0.602. The molecule has 72 heavy (non-hydrogen) atoms. The molecule has 11 aromatic rings. The van der Waals surface area contributed by atoms with Gasteiger partial charge < -0.3 is 14.4 Å². The summed E-state index contributed by atoms with van der Waals surface area (Å²) >= 11 is 0. The van der Waals surface area contributed by atoms with Gasteiger partial charge in [0.05, 0.1) is 45.1 Å². The maximum atomic E-state index is 5.27. The Balaban J connectivity index is 1.10. The van der Waals surface area contributed by atoms with Crippen LogP contribution in [-0.2, 0) is 5.41 Å². The van der Waals surface area contributed by atoms with E-state index in [0.29, 0.717) is 0 Å². The summed E-state index contributed by atoms with van der Waals surface area (Å²) < 4.78 is 2.51. The highest BCUT2D eigenvalue weighted by Gasteiger charge is 2.59. The van der Waals surface area contributed by atoms with Crippen molar-refractivity contribution in [3.63, 3.8) is 0 Å². The highest BCUT2D eigenvalue weighted by molar-refractivity contribution is 6.03. The molecular formula is C66H46N6. The Bertz CT molecular complexity index is 3740. The van der Waals surface area contributed by atoms with Crippen molar-refractivity contribution in [2.45, 2.75) is 11.3 Å². The van der Waals surface area contributed by atoms with E-state index in [-0.39, 0.29) is 11.8 Å². The van der Waals surface area contributed by atoms with Crippen molar-refractivity contribution in [1.29, 1.82) is 0 Å². The van der Waals surface area contributed by atoms with Crippen LogP contribution in [0.25, 0.3) is 50.6 Å². The lowest BCUT2D eigenvalue weighted by Crippen LogP contribution is -2.34. The zero-order valence-corrected chi connectivity index (χ0v) is 39.2. The SMILES string of the molecule is C1=CC2c3ccccc3C3(c4ccccc4-c4c3c3cc(N(c5ccccc5)c5ccccc5)ccc3n4-c3cc(-c4ccccn4)nc(-c4ccccn4)c3)C2C=C1N(c1ccccc1)c1ccccc1. The first-order chi connectivity index (χ1) is 35.7. The summed E-state index contributed by atoms with van der Waals surface area (Å²) in [4.78, 5) is 19.8. The molecule has 0 radical (unpaired) electrons. The van der Waals surface area contributed by atoms with Crippen molar-refractivity contribution in [2.24, 2.45) is 5.92 Å². The summed E-state index contributed by atoms with van der Waals surface area (Å²) in [7, 11) is 0. The van der Waals surface area contributed by atoms with Crippen LogP contribution in [0.4, 0.5) is 28.4 Å². The summed E-state index contributed by atoms with van der Waals surface area (Å²) in [5.74, 6) is 0.108. The van der Waals surface area contributed by atoms with Crippen molar-refractivity contribution in [1.82, 2.24) is 19.5 Å². The highest BCUT2D eigenvalue weighted by atomic mass is 15.2. The monoisotopic (exact) mass is 922 g/mol. The number of anilines is 5. The Kier molecular flexibility index (Phi) is 9.78. The Morgan fingerprint density at radius 2 is 0.972 bits per heavy atom. The first-order valence-electron chi connectivity index (χ1n) is 24.7. The topological polar surface area (TPSA) is 50.1 Å². The molecule has 3 aliphatic rings. The van der Waals surface area contributed by atoms with Crippen LogP contribution in [0.3, 0.4) is 0 Å². The number of hydrogen-bond donors (Lipinski definition) is 0. The molecule has 6 nitrogen and oxygen atoms in total. The lowest BCUT2D eigenvalue weighted by Gasteiger charge is -2.38. The number of rotatable bonds is 9. The fourth-order valence-electron chi connectivity index (χ4n) is 12.1. The van der Waals surface area contributed by atoms with E-state index >= 15 is 0 Å². The summed E-state index contributed by atoms with van der Waals surface area (Å²) in [5.41, 5.74) is 19.0. The van der Waals surface area contributed by atoms with Crippen LogP contribution in [0.1, 0.15) is 28.2 Å². The average molecular weight is 923 g/mol. The number of nitrogens with zero attached hydrogens (tertiary/aromatic N) is 6. The predicted molar refractivity (Wildman–Crippen MR) is 292 cm³/mol. The molecule has 1 spiro atoms. The van der Waals surface area contributed by atoms with Crippen molar-refractivity contribution in [3.05, 3.63) is 295 Å². The quantitative estimate of drug-likeness (QED) is 0.144. The molecule has 0 amide bonds. The number of hydrogen-bond acceptors (Lipinski definition) is 5. The number of para-hydroxylation sites is 4. The van der Waals surface area contributed by atoms with Crippen LogP contribution in [0.15, 0.2) is 273 Å². The van der Waals surface area contributed by atoms with Crippen molar-refractivity contribution < 1.29 is 0 Å². The van der Waals surface area contributed by atoms with Gasteiger partial charge in [-0.2, -0.15) is 0 Å². The van der Waals surface area contributed by atoms with Crippen molar-refractivity contribution >= 4 is 39.3 Å².